The van der Waals surface area contributed by atoms with E-state index in [1.165, 1.54) is 12.1 Å². The van der Waals surface area contributed by atoms with E-state index in [0.717, 1.165) is 0 Å². The molecule has 0 aliphatic heterocycles. The summed E-state index contributed by atoms with van der Waals surface area (Å²) < 4.78 is 26.8. The molecule has 158 valence electrons. The third-order valence-corrected chi connectivity index (χ3v) is 6.81. The molecule has 2 aromatic carbocycles. The lowest BCUT2D eigenvalue weighted by molar-refractivity contribution is -0.123. The van der Waals surface area contributed by atoms with Gasteiger partial charge in [0.2, 0.25) is 15.7 Å². The summed E-state index contributed by atoms with van der Waals surface area (Å²) in [6.07, 6.45) is 0. The topological polar surface area (TPSA) is 83.5 Å². The van der Waals surface area contributed by atoms with E-state index in [1.54, 1.807) is 32.0 Å². The molecule has 0 aromatic heterocycles. The van der Waals surface area contributed by atoms with Crippen molar-refractivity contribution < 1.29 is 18.3 Å². The largest absolute Gasteiger partial charge is 0.508 e. The first-order chi connectivity index (χ1) is 13.0. The number of phenols is 1. The maximum absolute atomic E-state index is 13.4. The van der Waals surface area contributed by atoms with Crippen LogP contribution in [0, 0.1) is 19.3 Å². The number of hydrogen-bond donors (Lipinski definition) is 2. The highest BCUT2D eigenvalue weighted by atomic mass is 32.2. The molecule has 29 heavy (non-hydrogen) atoms. The molecular formula is C23H31NO4S. The number of aromatic hydroxyl groups is 1. The minimum absolute atomic E-state index is 0.0742. The molecule has 0 saturated carbocycles. The average Bonchev–Trinajstić information content (AvgIpc) is 2.51. The van der Waals surface area contributed by atoms with Crippen LogP contribution in [0.1, 0.15) is 58.2 Å². The van der Waals surface area contributed by atoms with Crippen molar-refractivity contribution in [2.24, 2.45) is 5.41 Å². The van der Waals surface area contributed by atoms with Gasteiger partial charge in [0, 0.05) is 16.7 Å². The third kappa shape index (κ3) is 4.81. The fraction of sp³-hybridized carbons (Fsp3) is 0.435. The molecule has 0 unspecified atom stereocenters. The number of sulfone groups is 1. The van der Waals surface area contributed by atoms with E-state index in [0.29, 0.717) is 22.4 Å². The number of benzene rings is 2. The molecule has 1 amide bonds. The van der Waals surface area contributed by atoms with Crippen molar-refractivity contribution in [2.75, 3.05) is 5.32 Å². The van der Waals surface area contributed by atoms with E-state index in [4.69, 9.17) is 0 Å². The fourth-order valence-electron chi connectivity index (χ4n) is 3.17. The highest BCUT2D eigenvalue weighted by Crippen LogP contribution is 2.36. The van der Waals surface area contributed by atoms with Crippen LogP contribution >= 0.6 is 0 Å². The highest BCUT2D eigenvalue weighted by molar-refractivity contribution is 7.91. The monoisotopic (exact) mass is 417 g/mol. The van der Waals surface area contributed by atoms with E-state index in [-0.39, 0.29) is 21.4 Å². The lowest BCUT2D eigenvalue weighted by Crippen LogP contribution is -2.27. The first kappa shape index (κ1) is 22.9. The number of anilines is 1. The summed E-state index contributed by atoms with van der Waals surface area (Å²) in [5.74, 6) is -0.0644. The van der Waals surface area contributed by atoms with Crippen molar-refractivity contribution in [3.63, 3.8) is 0 Å². The number of aryl methyl sites for hydroxylation is 2. The van der Waals surface area contributed by atoms with E-state index in [1.807, 2.05) is 41.5 Å². The zero-order chi connectivity index (χ0) is 22.4. The number of nitrogens with one attached hydrogen (secondary N) is 1. The van der Waals surface area contributed by atoms with Crippen molar-refractivity contribution in [1.29, 1.82) is 0 Å². The van der Waals surface area contributed by atoms with Gasteiger partial charge in [-0.25, -0.2) is 8.42 Å². The lowest BCUT2D eigenvalue weighted by atomic mass is 9.86. The summed E-state index contributed by atoms with van der Waals surface area (Å²) in [6, 6.07) is 7.74. The molecule has 5 nitrogen and oxygen atoms in total. The van der Waals surface area contributed by atoms with E-state index in [9.17, 15) is 18.3 Å². The molecule has 0 bridgehead atoms. The second kappa shape index (κ2) is 7.48. The molecule has 0 heterocycles. The molecule has 2 aromatic rings. The van der Waals surface area contributed by atoms with Gasteiger partial charge in [0.15, 0.2) is 0 Å². The van der Waals surface area contributed by atoms with Crippen LogP contribution in [-0.2, 0) is 20.0 Å². The van der Waals surface area contributed by atoms with E-state index < -0.39 is 20.7 Å². The predicted molar refractivity (Wildman–Crippen MR) is 116 cm³/mol. The van der Waals surface area contributed by atoms with Crippen molar-refractivity contribution >= 4 is 21.4 Å². The second-order valence-corrected chi connectivity index (χ2v) is 11.5. The van der Waals surface area contributed by atoms with Crippen LogP contribution in [0.4, 0.5) is 5.69 Å². The Kier molecular flexibility index (Phi) is 5.92. The molecule has 0 fully saturated rings. The molecule has 0 atom stereocenters. The van der Waals surface area contributed by atoms with Crippen LogP contribution in [0.15, 0.2) is 40.1 Å². The molecule has 2 rings (SSSR count). The Hall–Kier alpha value is -2.34. The van der Waals surface area contributed by atoms with Crippen molar-refractivity contribution in [3.05, 3.63) is 47.0 Å². The Morgan fingerprint density at radius 1 is 0.931 bits per heavy atom. The van der Waals surface area contributed by atoms with Crippen LogP contribution < -0.4 is 5.32 Å². The Morgan fingerprint density at radius 3 is 1.90 bits per heavy atom. The van der Waals surface area contributed by atoms with Gasteiger partial charge < -0.3 is 10.4 Å². The average molecular weight is 418 g/mol. The number of hydrogen-bond acceptors (Lipinski definition) is 4. The van der Waals surface area contributed by atoms with E-state index in [2.05, 4.69) is 5.32 Å². The molecule has 0 aliphatic carbocycles. The Bertz CT molecular complexity index is 1030. The minimum atomic E-state index is -3.80. The first-order valence-electron chi connectivity index (χ1n) is 9.56. The summed E-state index contributed by atoms with van der Waals surface area (Å²) in [4.78, 5) is 12.6. The Balaban J connectivity index is 2.56. The predicted octanol–water partition coefficient (Wildman–Crippen LogP) is 5.12. The SMILES string of the molecule is Cc1cc(NC(=O)C(C)(C)C)cc(C)c1S(=O)(=O)c1ccc(O)c(C(C)(C)C)c1. The summed E-state index contributed by atoms with van der Waals surface area (Å²) in [5.41, 5.74) is 1.30. The summed E-state index contributed by atoms with van der Waals surface area (Å²) >= 11 is 0. The van der Waals surface area contributed by atoms with Crippen LogP contribution in [0.25, 0.3) is 0 Å². The van der Waals surface area contributed by atoms with Gasteiger partial charge >= 0.3 is 0 Å². The number of rotatable bonds is 3. The van der Waals surface area contributed by atoms with Gasteiger partial charge in [-0.15, -0.1) is 0 Å². The van der Waals surface area contributed by atoms with Crippen molar-refractivity contribution in [3.8, 4) is 5.75 Å². The normalized spacial score (nSPS) is 12.7. The quantitative estimate of drug-likeness (QED) is 0.726. The minimum Gasteiger partial charge on any atom is -0.508 e. The molecule has 6 heteroatoms. The van der Waals surface area contributed by atoms with Gasteiger partial charge in [0.25, 0.3) is 0 Å². The number of carbonyl (C=O) groups is 1. The smallest absolute Gasteiger partial charge is 0.229 e. The van der Waals surface area contributed by atoms with E-state index >= 15 is 0 Å². The maximum Gasteiger partial charge on any atom is 0.229 e. The number of carbonyl (C=O) groups excluding carboxylic acids is 1. The number of amides is 1. The molecule has 0 aliphatic rings. The van der Waals surface area contributed by atoms with Crippen LogP contribution in [0.5, 0.6) is 5.75 Å². The summed E-state index contributed by atoms with van der Waals surface area (Å²) in [6.45, 7) is 14.6. The van der Waals surface area contributed by atoms with Crippen molar-refractivity contribution in [2.45, 2.75) is 70.6 Å². The van der Waals surface area contributed by atoms with Gasteiger partial charge in [-0.05, 0) is 60.7 Å². The Labute approximate surface area is 174 Å². The molecule has 0 radical (unpaired) electrons. The highest BCUT2D eigenvalue weighted by Gasteiger charge is 2.27. The molecule has 2 N–H and O–H groups in total. The maximum atomic E-state index is 13.4. The van der Waals surface area contributed by atoms with Gasteiger partial charge in [-0.3, -0.25) is 4.79 Å². The van der Waals surface area contributed by atoms with Crippen LogP contribution in [0.3, 0.4) is 0 Å². The summed E-state index contributed by atoms with van der Waals surface area (Å²) in [7, 11) is -3.80. The summed E-state index contributed by atoms with van der Waals surface area (Å²) in [5, 5.41) is 13.0. The molecular weight excluding hydrogens is 386 g/mol. The zero-order valence-electron chi connectivity index (χ0n) is 18.5. The Morgan fingerprint density at radius 2 is 1.45 bits per heavy atom. The van der Waals surface area contributed by atoms with Gasteiger partial charge in [-0.2, -0.15) is 0 Å². The van der Waals surface area contributed by atoms with Gasteiger partial charge in [0.05, 0.1) is 9.79 Å². The second-order valence-electron chi connectivity index (χ2n) is 9.58. The van der Waals surface area contributed by atoms with Crippen molar-refractivity contribution in [1.82, 2.24) is 0 Å². The van der Waals surface area contributed by atoms with Crippen LogP contribution in [0.2, 0.25) is 0 Å². The first-order valence-corrected chi connectivity index (χ1v) is 11.0. The van der Waals surface area contributed by atoms with Gasteiger partial charge in [0.1, 0.15) is 5.75 Å². The number of phenolic OH excluding ortho intramolecular Hbond substituents is 1. The zero-order valence-corrected chi connectivity index (χ0v) is 19.3. The van der Waals surface area contributed by atoms with Crippen LogP contribution in [-0.4, -0.2) is 19.4 Å². The molecule has 0 saturated heterocycles. The third-order valence-electron chi connectivity index (χ3n) is 4.75. The fourth-order valence-corrected chi connectivity index (χ4v) is 4.89. The standard InChI is InChI=1S/C23H31NO4S/c1-14-11-16(24-21(26)23(6,7)8)12-15(2)20(14)29(27,28)17-9-10-19(25)18(13-17)22(3,4)5/h9-13,25H,1-8H3,(H,24,26). The molecule has 0 spiro atoms. The van der Waals surface area contributed by atoms with Gasteiger partial charge in [-0.1, -0.05) is 41.5 Å². The lowest BCUT2D eigenvalue weighted by Gasteiger charge is -2.22.